The molecule has 0 spiro atoms. The van der Waals surface area contributed by atoms with Gasteiger partial charge in [0.2, 0.25) is 9.84 Å². The standard InChI is InChI=1S/C26H29NO4S.C25H21NO6S3/c1-4-26(2,3)22-13-17-24(18-14-22)32(30,31)27-23-15-9-20(10-16-23)6-5-19-7-11-21(12-8-19)25(28)29;27-25(28)20-12-8-18(9-13-20)6-7-19-10-14-21(15-11-19)26-35(31,32)24-16-23(17-33-24)34(29,30)22-4-2-1-3-5-22/h7-18,27H,4-6H2,1-3H3,(H,28,29);1-5,8-17,26H,6-7H2,(H,27,28). The molecule has 1 heterocycles. The minimum absolute atomic E-state index is 0.00382. The predicted octanol–water partition coefficient (Wildman–Crippen LogP) is 10.5. The highest BCUT2D eigenvalue weighted by Crippen LogP contribution is 2.30. The van der Waals surface area contributed by atoms with E-state index >= 15 is 0 Å². The molecule has 0 saturated carbocycles. The van der Waals surface area contributed by atoms with Gasteiger partial charge >= 0.3 is 11.9 Å². The van der Waals surface area contributed by atoms with E-state index in [2.05, 4.69) is 30.2 Å². The number of sulfonamides is 2. The molecule has 0 aliphatic rings. The first-order chi connectivity index (χ1) is 31.8. The Labute approximate surface area is 396 Å². The lowest BCUT2D eigenvalue weighted by Gasteiger charge is -2.23. The minimum Gasteiger partial charge on any atom is -0.478 e. The number of carboxylic acids is 2. The molecule has 1 aromatic heterocycles. The van der Waals surface area contributed by atoms with Crippen LogP contribution in [-0.4, -0.2) is 47.4 Å². The number of hydrogen-bond acceptors (Lipinski definition) is 9. The van der Waals surface area contributed by atoms with Crippen molar-refractivity contribution in [2.24, 2.45) is 0 Å². The summed E-state index contributed by atoms with van der Waals surface area (Å²) in [4.78, 5) is 22.1. The van der Waals surface area contributed by atoms with Crippen LogP contribution >= 0.6 is 11.3 Å². The van der Waals surface area contributed by atoms with Crippen molar-refractivity contribution >= 4 is 64.5 Å². The van der Waals surface area contributed by atoms with Crippen molar-refractivity contribution < 1.29 is 45.1 Å². The van der Waals surface area contributed by atoms with E-state index < -0.39 is 41.8 Å². The maximum Gasteiger partial charge on any atom is 0.335 e. The summed E-state index contributed by atoms with van der Waals surface area (Å²) in [6.45, 7) is 6.40. The van der Waals surface area contributed by atoms with Crippen molar-refractivity contribution in [1.29, 1.82) is 0 Å². The highest BCUT2D eigenvalue weighted by molar-refractivity contribution is 7.95. The second-order valence-corrected chi connectivity index (χ2v) is 22.7. The van der Waals surface area contributed by atoms with Crippen LogP contribution in [0, 0.1) is 0 Å². The first-order valence-corrected chi connectivity index (χ1v) is 26.5. The zero-order chi connectivity index (χ0) is 48.4. The Hall–Kier alpha value is -6.59. The Bertz CT molecular complexity index is 3140. The molecule has 12 nitrogen and oxygen atoms in total. The number of carbonyl (C=O) groups is 2. The summed E-state index contributed by atoms with van der Waals surface area (Å²) in [5.74, 6) is -1.90. The Morgan fingerprint density at radius 3 is 1.31 bits per heavy atom. The summed E-state index contributed by atoms with van der Waals surface area (Å²) in [7, 11) is -11.4. The lowest BCUT2D eigenvalue weighted by atomic mass is 9.82. The van der Waals surface area contributed by atoms with Crippen LogP contribution in [-0.2, 0) is 61.0 Å². The molecule has 0 aliphatic carbocycles. The van der Waals surface area contributed by atoms with E-state index in [-0.39, 0.29) is 35.4 Å². The molecule has 0 atom stereocenters. The lowest BCUT2D eigenvalue weighted by Crippen LogP contribution is -2.17. The average molecular weight is 979 g/mol. The van der Waals surface area contributed by atoms with E-state index in [0.717, 1.165) is 58.4 Å². The Morgan fingerprint density at radius 2 is 0.910 bits per heavy atom. The van der Waals surface area contributed by atoms with Crippen LogP contribution in [0.5, 0.6) is 0 Å². The van der Waals surface area contributed by atoms with Gasteiger partial charge in [-0.2, -0.15) is 0 Å². The average Bonchev–Trinajstić information content (AvgIpc) is 3.85. The molecule has 67 heavy (non-hydrogen) atoms. The van der Waals surface area contributed by atoms with Gasteiger partial charge in [0.05, 0.1) is 25.8 Å². The van der Waals surface area contributed by atoms with Gasteiger partial charge < -0.3 is 10.2 Å². The first kappa shape index (κ1) is 49.8. The molecule has 0 fully saturated rings. The van der Waals surface area contributed by atoms with Crippen LogP contribution in [0.4, 0.5) is 11.4 Å². The summed E-state index contributed by atoms with van der Waals surface area (Å²) in [5, 5.41) is 19.3. The van der Waals surface area contributed by atoms with Gasteiger partial charge in [-0.25, -0.2) is 34.8 Å². The van der Waals surface area contributed by atoms with Crippen LogP contribution < -0.4 is 9.44 Å². The smallest absolute Gasteiger partial charge is 0.335 e. The van der Waals surface area contributed by atoms with Crippen molar-refractivity contribution in [3.05, 3.63) is 202 Å². The Morgan fingerprint density at radius 1 is 0.507 bits per heavy atom. The number of sulfone groups is 1. The molecule has 0 unspecified atom stereocenters. The summed E-state index contributed by atoms with van der Waals surface area (Å²) in [6.07, 6.45) is 3.92. The third-order valence-electron chi connectivity index (χ3n) is 11.2. The zero-order valence-corrected chi connectivity index (χ0v) is 40.2. The number of aromatic carboxylic acids is 2. The van der Waals surface area contributed by atoms with Crippen molar-refractivity contribution in [1.82, 2.24) is 0 Å². The van der Waals surface area contributed by atoms with Crippen LogP contribution in [0.15, 0.2) is 182 Å². The molecule has 6 aromatic carbocycles. The molecule has 16 heteroatoms. The van der Waals surface area contributed by atoms with Gasteiger partial charge in [0.15, 0.2) is 0 Å². The molecule has 348 valence electrons. The fourth-order valence-electron chi connectivity index (χ4n) is 6.71. The van der Waals surface area contributed by atoms with Crippen LogP contribution in [0.25, 0.3) is 0 Å². The summed E-state index contributed by atoms with van der Waals surface area (Å²) >= 11 is 0.843. The van der Waals surface area contributed by atoms with Crippen LogP contribution in [0.1, 0.15) is 75.7 Å². The fourth-order valence-corrected chi connectivity index (χ4v) is 11.7. The number of hydrogen-bond donors (Lipinski definition) is 4. The van der Waals surface area contributed by atoms with E-state index in [4.69, 9.17) is 10.2 Å². The second-order valence-electron chi connectivity index (χ2n) is 16.3. The van der Waals surface area contributed by atoms with Crippen LogP contribution in [0.3, 0.4) is 0 Å². The molecule has 0 radical (unpaired) electrons. The van der Waals surface area contributed by atoms with Gasteiger partial charge in [0, 0.05) is 16.8 Å². The largest absolute Gasteiger partial charge is 0.478 e. The van der Waals surface area contributed by atoms with Crippen molar-refractivity contribution in [2.45, 2.75) is 77.2 Å². The Kier molecular flexibility index (Phi) is 15.9. The third kappa shape index (κ3) is 13.3. The second kappa shape index (κ2) is 21.4. The Balaban J connectivity index is 0.000000222. The molecule has 0 bridgehead atoms. The summed E-state index contributed by atoms with van der Waals surface area (Å²) in [6, 6.07) is 43.8. The lowest BCUT2D eigenvalue weighted by molar-refractivity contribution is 0.0686. The highest BCUT2D eigenvalue weighted by atomic mass is 32.2. The van der Waals surface area contributed by atoms with Gasteiger partial charge in [0.1, 0.15) is 4.21 Å². The van der Waals surface area contributed by atoms with Crippen molar-refractivity contribution in [3.63, 3.8) is 0 Å². The zero-order valence-electron chi connectivity index (χ0n) is 36.9. The number of nitrogens with one attached hydrogen (secondary N) is 2. The minimum atomic E-state index is -3.96. The van der Waals surface area contributed by atoms with Gasteiger partial charge in [-0.3, -0.25) is 9.44 Å². The van der Waals surface area contributed by atoms with E-state index in [1.165, 1.54) is 23.6 Å². The summed E-state index contributed by atoms with van der Waals surface area (Å²) in [5.41, 5.74) is 6.61. The van der Waals surface area contributed by atoms with Crippen LogP contribution in [0.2, 0.25) is 0 Å². The van der Waals surface area contributed by atoms with E-state index in [9.17, 15) is 34.8 Å². The van der Waals surface area contributed by atoms with E-state index in [1.54, 1.807) is 91.0 Å². The monoisotopic (exact) mass is 978 g/mol. The molecular formula is C51H50N2O10S4. The quantitative estimate of drug-likeness (QED) is 0.0641. The molecule has 0 saturated heterocycles. The van der Waals surface area contributed by atoms with Gasteiger partial charge in [-0.15, -0.1) is 11.3 Å². The number of carboxylic acid groups (broad SMARTS) is 2. The molecule has 0 amide bonds. The first-order valence-electron chi connectivity index (χ1n) is 21.1. The predicted molar refractivity (Wildman–Crippen MR) is 262 cm³/mol. The molecular weight excluding hydrogens is 929 g/mol. The van der Waals surface area contributed by atoms with Gasteiger partial charge in [-0.05, 0) is 144 Å². The number of anilines is 2. The highest BCUT2D eigenvalue weighted by Gasteiger charge is 2.24. The van der Waals surface area contributed by atoms with Crippen molar-refractivity contribution in [2.75, 3.05) is 9.44 Å². The maximum absolute atomic E-state index is 12.8. The molecule has 7 aromatic rings. The molecule has 4 N–H and O–H groups in total. The molecule has 0 aliphatic heterocycles. The maximum atomic E-state index is 12.8. The number of rotatable bonds is 18. The SMILES string of the molecule is CCC(C)(C)c1ccc(S(=O)(=O)Nc2ccc(CCc3ccc(C(=O)O)cc3)cc2)cc1.O=C(O)c1ccc(CCc2ccc(NS(=O)(=O)c3cc(S(=O)(=O)c4ccccc4)cs3)cc2)cc1. The third-order valence-corrected chi connectivity index (χ3v) is 17.3. The number of benzene rings is 6. The van der Waals surface area contributed by atoms with Gasteiger partial charge in [-0.1, -0.05) is 99.6 Å². The van der Waals surface area contributed by atoms with E-state index in [1.807, 2.05) is 48.5 Å². The number of aryl methyl sites for hydroxylation is 4. The number of thiophene rings is 1. The molecule has 7 rings (SSSR count). The van der Waals surface area contributed by atoms with Crippen molar-refractivity contribution in [3.8, 4) is 0 Å². The van der Waals surface area contributed by atoms with Gasteiger partial charge in [0.25, 0.3) is 20.0 Å². The summed E-state index contributed by atoms with van der Waals surface area (Å²) < 4.78 is 81.7. The van der Waals surface area contributed by atoms with E-state index in [0.29, 0.717) is 24.2 Å². The fraction of sp³-hybridized carbons (Fsp3) is 0.176. The normalized spacial score (nSPS) is 11.8. The topological polar surface area (TPSA) is 201 Å².